The predicted octanol–water partition coefficient (Wildman–Crippen LogP) is 6.22. The van der Waals surface area contributed by atoms with Crippen molar-refractivity contribution in [2.45, 2.75) is 33.9 Å². The standard InChI is InChI=1S/C29H28FNO4/c1-4-34-29(33)27-26(21-11-8-12-22(30)15-21)25-16-23(35-18-20-9-6-5-7-10-20)13-14-24(25)28(32)31(27)17-19(2)3/h5-16,19H,4,17-18H2,1-3H3. The molecule has 180 valence electrons. The van der Waals surface area contributed by atoms with Crippen LogP contribution >= 0.6 is 0 Å². The van der Waals surface area contributed by atoms with E-state index in [0.29, 0.717) is 40.8 Å². The topological polar surface area (TPSA) is 57.5 Å². The maximum Gasteiger partial charge on any atom is 0.355 e. The van der Waals surface area contributed by atoms with Crippen LogP contribution in [-0.4, -0.2) is 17.1 Å². The van der Waals surface area contributed by atoms with Gasteiger partial charge >= 0.3 is 5.97 Å². The summed E-state index contributed by atoms with van der Waals surface area (Å²) in [4.78, 5) is 26.8. The van der Waals surface area contributed by atoms with Crippen LogP contribution in [0.5, 0.6) is 5.75 Å². The number of fused-ring (bicyclic) bond motifs is 1. The van der Waals surface area contributed by atoms with Gasteiger partial charge in [-0.25, -0.2) is 9.18 Å². The number of nitrogens with zero attached hydrogens (tertiary/aromatic N) is 1. The molecule has 0 aliphatic heterocycles. The number of esters is 1. The Kier molecular flexibility index (Phi) is 7.30. The van der Waals surface area contributed by atoms with Crippen molar-refractivity contribution in [3.63, 3.8) is 0 Å². The maximum absolute atomic E-state index is 14.3. The van der Waals surface area contributed by atoms with Gasteiger partial charge in [-0.05, 0) is 54.3 Å². The highest BCUT2D eigenvalue weighted by Crippen LogP contribution is 2.34. The summed E-state index contributed by atoms with van der Waals surface area (Å²) in [6.45, 7) is 6.45. The Morgan fingerprint density at radius 3 is 2.43 bits per heavy atom. The van der Waals surface area contributed by atoms with Gasteiger partial charge in [0.1, 0.15) is 23.9 Å². The molecule has 0 aliphatic rings. The average molecular weight is 474 g/mol. The van der Waals surface area contributed by atoms with Crippen molar-refractivity contribution in [3.05, 3.63) is 100 Å². The van der Waals surface area contributed by atoms with Crippen molar-refractivity contribution in [2.75, 3.05) is 6.61 Å². The molecule has 1 aromatic heterocycles. The van der Waals surface area contributed by atoms with Crippen molar-refractivity contribution in [3.8, 4) is 16.9 Å². The van der Waals surface area contributed by atoms with Crippen molar-refractivity contribution >= 4 is 16.7 Å². The third-order valence-electron chi connectivity index (χ3n) is 5.62. The van der Waals surface area contributed by atoms with E-state index in [1.807, 2.05) is 44.2 Å². The molecular weight excluding hydrogens is 445 g/mol. The second kappa shape index (κ2) is 10.6. The van der Waals surface area contributed by atoms with Crippen LogP contribution in [0.2, 0.25) is 0 Å². The monoisotopic (exact) mass is 473 g/mol. The molecule has 4 aromatic rings. The molecule has 0 unspecified atom stereocenters. The summed E-state index contributed by atoms with van der Waals surface area (Å²) >= 11 is 0. The number of rotatable bonds is 8. The summed E-state index contributed by atoms with van der Waals surface area (Å²) in [7, 11) is 0. The van der Waals surface area contributed by atoms with Crippen LogP contribution in [0, 0.1) is 11.7 Å². The fourth-order valence-electron chi connectivity index (χ4n) is 4.14. The van der Waals surface area contributed by atoms with Gasteiger partial charge in [-0.1, -0.05) is 56.3 Å². The van der Waals surface area contributed by atoms with E-state index in [4.69, 9.17) is 9.47 Å². The molecule has 0 N–H and O–H groups in total. The number of halogens is 1. The van der Waals surface area contributed by atoms with E-state index in [1.165, 1.54) is 16.7 Å². The molecule has 4 rings (SSSR count). The van der Waals surface area contributed by atoms with E-state index < -0.39 is 11.8 Å². The first-order valence-corrected chi connectivity index (χ1v) is 11.7. The second-order valence-corrected chi connectivity index (χ2v) is 8.75. The van der Waals surface area contributed by atoms with E-state index in [2.05, 4.69) is 0 Å². The highest BCUT2D eigenvalue weighted by molar-refractivity contribution is 6.07. The summed E-state index contributed by atoms with van der Waals surface area (Å²) in [6, 6.07) is 20.9. The van der Waals surface area contributed by atoms with E-state index in [9.17, 15) is 14.0 Å². The third kappa shape index (κ3) is 5.27. The molecule has 0 radical (unpaired) electrons. The zero-order valence-electron chi connectivity index (χ0n) is 20.1. The molecule has 6 heteroatoms. The largest absolute Gasteiger partial charge is 0.489 e. The molecule has 0 aliphatic carbocycles. The van der Waals surface area contributed by atoms with Gasteiger partial charge in [-0.3, -0.25) is 4.79 Å². The third-order valence-corrected chi connectivity index (χ3v) is 5.62. The zero-order chi connectivity index (χ0) is 24.9. The zero-order valence-corrected chi connectivity index (χ0v) is 20.1. The molecule has 5 nitrogen and oxygen atoms in total. The lowest BCUT2D eigenvalue weighted by atomic mass is 9.96. The minimum Gasteiger partial charge on any atom is -0.489 e. The molecule has 0 bridgehead atoms. The molecule has 0 spiro atoms. The number of hydrogen-bond acceptors (Lipinski definition) is 4. The van der Waals surface area contributed by atoms with Crippen LogP contribution in [0.3, 0.4) is 0 Å². The number of carbonyl (C=O) groups excluding carboxylic acids is 1. The summed E-state index contributed by atoms with van der Waals surface area (Å²) in [5, 5.41) is 0.930. The maximum atomic E-state index is 14.3. The minimum absolute atomic E-state index is 0.0900. The first-order valence-electron chi connectivity index (χ1n) is 11.7. The quantitative estimate of drug-likeness (QED) is 0.285. The normalized spacial score (nSPS) is 11.1. The Bertz CT molecular complexity index is 1410. The van der Waals surface area contributed by atoms with Crippen LogP contribution in [0.4, 0.5) is 4.39 Å². The number of carbonyl (C=O) groups is 1. The van der Waals surface area contributed by atoms with E-state index in [1.54, 1.807) is 37.3 Å². The lowest BCUT2D eigenvalue weighted by Crippen LogP contribution is -2.30. The molecule has 3 aromatic carbocycles. The smallest absolute Gasteiger partial charge is 0.355 e. The van der Waals surface area contributed by atoms with Crippen molar-refractivity contribution < 1.29 is 18.7 Å². The first kappa shape index (κ1) is 24.2. The van der Waals surface area contributed by atoms with E-state index in [-0.39, 0.29) is 23.8 Å². The molecular formula is C29H28FNO4. The Labute approximate surface area is 203 Å². The van der Waals surface area contributed by atoms with Gasteiger partial charge in [-0.2, -0.15) is 0 Å². The van der Waals surface area contributed by atoms with Gasteiger partial charge < -0.3 is 14.0 Å². The van der Waals surface area contributed by atoms with Gasteiger partial charge in [0.25, 0.3) is 5.56 Å². The van der Waals surface area contributed by atoms with Crippen molar-refractivity contribution in [2.24, 2.45) is 5.92 Å². The number of benzene rings is 3. The van der Waals surface area contributed by atoms with E-state index >= 15 is 0 Å². The highest BCUT2D eigenvalue weighted by Gasteiger charge is 2.25. The Hall–Kier alpha value is -3.93. The number of aromatic nitrogens is 1. The predicted molar refractivity (Wildman–Crippen MR) is 135 cm³/mol. The summed E-state index contributed by atoms with van der Waals surface area (Å²) in [5.74, 6) is -0.437. The summed E-state index contributed by atoms with van der Waals surface area (Å²) in [5.41, 5.74) is 1.74. The summed E-state index contributed by atoms with van der Waals surface area (Å²) < 4.78 is 27.1. The SMILES string of the molecule is CCOC(=O)c1c(-c2cccc(F)c2)c2cc(OCc3ccccc3)ccc2c(=O)n1CC(C)C. The Morgan fingerprint density at radius 2 is 1.74 bits per heavy atom. The average Bonchev–Trinajstić information content (AvgIpc) is 2.84. The van der Waals surface area contributed by atoms with E-state index in [0.717, 1.165) is 5.56 Å². The van der Waals surface area contributed by atoms with Gasteiger partial charge in [0.05, 0.1) is 6.61 Å². The fourth-order valence-corrected chi connectivity index (χ4v) is 4.14. The minimum atomic E-state index is -0.623. The highest BCUT2D eigenvalue weighted by atomic mass is 19.1. The fraction of sp³-hybridized carbons (Fsp3) is 0.241. The lowest BCUT2D eigenvalue weighted by molar-refractivity contribution is 0.0512. The number of ether oxygens (including phenoxy) is 2. The molecule has 0 saturated carbocycles. The van der Waals surface area contributed by atoms with Crippen LogP contribution in [0.25, 0.3) is 21.9 Å². The molecule has 0 saturated heterocycles. The van der Waals surface area contributed by atoms with Gasteiger partial charge in [0, 0.05) is 22.9 Å². The van der Waals surface area contributed by atoms with Crippen LogP contribution in [-0.2, 0) is 17.9 Å². The second-order valence-electron chi connectivity index (χ2n) is 8.75. The molecule has 1 heterocycles. The summed E-state index contributed by atoms with van der Waals surface area (Å²) in [6.07, 6.45) is 0. The van der Waals surface area contributed by atoms with Gasteiger partial charge in [-0.15, -0.1) is 0 Å². The Morgan fingerprint density at radius 1 is 0.971 bits per heavy atom. The van der Waals surface area contributed by atoms with Gasteiger partial charge in [0.2, 0.25) is 0 Å². The molecule has 35 heavy (non-hydrogen) atoms. The molecule has 0 amide bonds. The van der Waals surface area contributed by atoms with Crippen LogP contribution in [0.15, 0.2) is 77.6 Å². The number of pyridine rings is 1. The first-order chi connectivity index (χ1) is 16.9. The van der Waals surface area contributed by atoms with Crippen LogP contribution in [0.1, 0.15) is 36.8 Å². The van der Waals surface area contributed by atoms with Crippen molar-refractivity contribution in [1.82, 2.24) is 4.57 Å². The lowest BCUT2D eigenvalue weighted by Gasteiger charge is -2.20. The van der Waals surface area contributed by atoms with Crippen molar-refractivity contribution in [1.29, 1.82) is 0 Å². The van der Waals surface area contributed by atoms with Gasteiger partial charge in [0.15, 0.2) is 0 Å². The van der Waals surface area contributed by atoms with Crippen LogP contribution < -0.4 is 10.3 Å². The number of hydrogen-bond donors (Lipinski definition) is 0. The Balaban J connectivity index is 1.98. The molecule has 0 fully saturated rings. The molecule has 0 atom stereocenters.